The maximum Gasteiger partial charge on any atom is 0.221 e. The number of para-hydroxylation sites is 1. The number of ether oxygens (including phenoxy) is 1. The Hall–Kier alpha value is -1.59. The monoisotopic (exact) mass is 359 g/mol. The highest BCUT2D eigenvalue weighted by Crippen LogP contribution is 2.31. The van der Waals surface area contributed by atoms with E-state index in [0.717, 1.165) is 45.3 Å². The number of nitrogens with one attached hydrogen (secondary N) is 2. The fourth-order valence-electron chi connectivity index (χ4n) is 4.33. The van der Waals surface area contributed by atoms with Crippen molar-refractivity contribution in [3.63, 3.8) is 0 Å². The number of benzene rings is 1. The Morgan fingerprint density at radius 1 is 1.35 bits per heavy atom. The first-order chi connectivity index (χ1) is 12.6. The molecule has 2 N–H and O–H groups in total. The standard InChI is InChI=1S/C21H33N3O2/c1-17-7-8-18-5-3-4-6-19(18)24(17)14-9-20(25)23-15-21(16-26-2)10-12-22-13-11-21/h3-6,17,22H,7-16H2,1-2H3,(H,23,25). The lowest BCUT2D eigenvalue weighted by atomic mass is 9.79. The van der Waals surface area contributed by atoms with Gasteiger partial charge < -0.3 is 20.3 Å². The Labute approximate surface area is 157 Å². The van der Waals surface area contributed by atoms with Crippen LogP contribution in [0.4, 0.5) is 5.69 Å². The fraction of sp³-hybridized carbons (Fsp3) is 0.667. The molecule has 1 amide bonds. The Bertz CT molecular complexity index is 593. The molecule has 2 heterocycles. The third-order valence-electron chi connectivity index (χ3n) is 6.02. The smallest absolute Gasteiger partial charge is 0.221 e. The van der Waals surface area contributed by atoms with E-state index in [1.54, 1.807) is 7.11 Å². The van der Waals surface area contributed by atoms with Crippen molar-refractivity contribution in [3.05, 3.63) is 29.8 Å². The minimum absolute atomic E-state index is 0.0840. The van der Waals surface area contributed by atoms with E-state index in [1.807, 2.05) is 0 Å². The van der Waals surface area contributed by atoms with Crippen LogP contribution in [0.2, 0.25) is 0 Å². The number of nitrogens with zero attached hydrogens (tertiary/aromatic N) is 1. The van der Waals surface area contributed by atoms with E-state index in [4.69, 9.17) is 4.74 Å². The van der Waals surface area contributed by atoms with Crippen LogP contribution in [0, 0.1) is 5.41 Å². The number of rotatable bonds is 7. The predicted molar refractivity (Wildman–Crippen MR) is 106 cm³/mol. The van der Waals surface area contributed by atoms with Gasteiger partial charge in [-0.1, -0.05) is 18.2 Å². The van der Waals surface area contributed by atoms with Gasteiger partial charge in [-0.2, -0.15) is 0 Å². The Morgan fingerprint density at radius 3 is 2.88 bits per heavy atom. The second-order valence-electron chi connectivity index (χ2n) is 7.92. The van der Waals surface area contributed by atoms with Gasteiger partial charge in [0, 0.05) is 43.8 Å². The summed E-state index contributed by atoms with van der Waals surface area (Å²) in [6.45, 7) is 6.47. The molecule has 0 spiro atoms. The number of carbonyl (C=O) groups excluding carboxylic acids is 1. The number of fused-ring (bicyclic) bond motifs is 1. The maximum absolute atomic E-state index is 12.5. The van der Waals surface area contributed by atoms with E-state index >= 15 is 0 Å². The lowest BCUT2D eigenvalue weighted by Gasteiger charge is -2.38. The van der Waals surface area contributed by atoms with Gasteiger partial charge in [0.15, 0.2) is 0 Å². The highest BCUT2D eigenvalue weighted by atomic mass is 16.5. The summed E-state index contributed by atoms with van der Waals surface area (Å²) in [5, 5.41) is 6.58. The topological polar surface area (TPSA) is 53.6 Å². The number of aryl methyl sites for hydroxylation is 1. The number of hydrogen-bond acceptors (Lipinski definition) is 4. The average Bonchev–Trinajstić information content (AvgIpc) is 2.67. The molecule has 0 aliphatic carbocycles. The summed E-state index contributed by atoms with van der Waals surface area (Å²) in [6, 6.07) is 9.08. The lowest BCUT2D eigenvalue weighted by Crippen LogP contribution is -2.47. The van der Waals surface area contributed by atoms with Gasteiger partial charge in [-0.05, 0) is 57.3 Å². The van der Waals surface area contributed by atoms with Crippen molar-refractivity contribution in [3.8, 4) is 0 Å². The van der Waals surface area contributed by atoms with E-state index in [2.05, 4.69) is 46.7 Å². The van der Waals surface area contributed by atoms with Crippen molar-refractivity contribution in [2.45, 2.75) is 45.1 Å². The number of carbonyl (C=O) groups is 1. The molecule has 5 nitrogen and oxygen atoms in total. The Balaban J connectivity index is 1.52. The SMILES string of the molecule is COCC1(CNC(=O)CCN2c3ccccc3CCC2C)CCNCC1. The van der Waals surface area contributed by atoms with Crippen molar-refractivity contribution in [1.29, 1.82) is 0 Å². The van der Waals surface area contributed by atoms with E-state index in [9.17, 15) is 4.79 Å². The van der Waals surface area contributed by atoms with E-state index in [1.165, 1.54) is 11.3 Å². The van der Waals surface area contributed by atoms with Crippen LogP contribution in [0.15, 0.2) is 24.3 Å². The van der Waals surface area contributed by atoms with Gasteiger partial charge in [0.1, 0.15) is 0 Å². The van der Waals surface area contributed by atoms with Crippen molar-refractivity contribution in [2.75, 3.05) is 44.8 Å². The zero-order valence-corrected chi connectivity index (χ0v) is 16.2. The van der Waals surface area contributed by atoms with Gasteiger partial charge in [-0.3, -0.25) is 4.79 Å². The molecule has 1 atom stereocenters. The summed E-state index contributed by atoms with van der Waals surface area (Å²) in [6.07, 6.45) is 4.94. The van der Waals surface area contributed by atoms with Crippen LogP contribution in [-0.2, 0) is 16.0 Å². The summed E-state index contributed by atoms with van der Waals surface area (Å²) in [4.78, 5) is 14.9. The fourth-order valence-corrected chi connectivity index (χ4v) is 4.33. The summed E-state index contributed by atoms with van der Waals surface area (Å²) in [7, 11) is 1.75. The zero-order chi connectivity index (χ0) is 18.4. The third kappa shape index (κ3) is 4.57. The molecule has 0 saturated carbocycles. The van der Waals surface area contributed by atoms with E-state index in [0.29, 0.717) is 25.6 Å². The number of amides is 1. The average molecular weight is 360 g/mol. The second-order valence-corrected chi connectivity index (χ2v) is 7.92. The summed E-state index contributed by atoms with van der Waals surface area (Å²) < 4.78 is 5.44. The molecule has 0 aromatic heterocycles. The summed E-state index contributed by atoms with van der Waals surface area (Å²) in [5.41, 5.74) is 2.79. The van der Waals surface area contributed by atoms with Crippen LogP contribution in [0.5, 0.6) is 0 Å². The Kier molecular flexibility index (Phi) is 6.54. The molecule has 5 heteroatoms. The molecule has 0 radical (unpaired) electrons. The largest absolute Gasteiger partial charge is 0.384 e. The molecule has 1 fully saturated rings. The molecule has 26 heavy (non-hydrogen) atoms. The van der Waals surface area contributed by atoms with Crippen LogP contribution in [0.25, 0.3) is 0 Å². The molecule has 1 aromatic carbocycles. The highest BCUT2D eigenvalue weighted by molar-refractivity contribution is 5.76. The van der Waals surface area contributed by atoms with Crippen LogP contribution in [-0.4, -0.2) is 51.8 Å². The molecule has 0 bridgehead atoms. The van der Waals surface area contributed by atoms with Gasteiger partial charge in [-0.15, -0.1) is 0 Å². The quantitative estimate of drug-likeness (QED) is 0.785. The minimum atomic E-state index is 0.0840. The molecule has 1 aromatic rings. The minimum Gasteiger partial charge on any atom is -0.384 e. The van der Waals surface area contributed by atoms with Gasteiger partial charge in [-0.25, -0.2) is 0 Å². The lowest BCUT2D eigenvalue weighted by molar-refractivity contribution is -0.121. The third-order valence-corrected chi connectivity index (χ3v) is 6.02. The van der Waals surface area contributed by atoms with E-state index in [-0.39, 0.29) is 11.3 Å². The van der Waals surface area contributed by atoms with Crippen molar-refractivity contribution in [1.82, 2.24) is 10.6 Å². The van der Waals surface area contributed by atoms with Crippen LogP contribution < -0.4 is 15.5 Å². The normalized spacial score (nSPS) is 21.9. The first-order valence-corrected chi connectivity index (χ1v) is 9.94. The Morgan fingerprint density at radius 2 is 2.12 bits per heavy atom. The first kappa shape index (κ1) is 19.2. The van der Waals surface area contributed by atoms with Gasteiger partial charge in [0.2, 0.25) is 5.91 Å². The number of methoxy groups -OCH3 is 1. The maximum atomic E-state index is 12.5. The molecular formula is C21H33N3O2. The molecule has 2 aliphatic heterocycles. The zero-order valence-electron chi connectivity index (χ0n) is 16.2. The number of hydrogen-bond donors (Lipinski definition) is 2. The highest BCUT2D eigenvalue weighted by Gasteiger charge is 2.32. The van der Waals surface area contributed by atoms with Gasteiger partial charge >= 0.3 is 0 Å². The first-order valence-electron chi connectivity index (χ1n) is 9.94. The van der Waals surface area contributed by atoms with Crippen molar-refractivity contribution in [2.24, 2.45) is 5.41 Å². The molecule has 144 valence electrons. The van der Waals surface area contributed by atoms with Crippen LogP contribution in [0.3, 0.4) is 0 Å². The van der Waals surface area contributed by atoms with Crippen molar-refractivity contribution < 1.29 is 9.53 Å². The van der Waals surface area contributed by atoms with Crippen molar-refractivity contribution >= 4 is 11.6 Å². The molecular weight excluding hydrogens is 326 g/mol. The van der Waals surface area contributed by atoms with Crippen LogP contribution in [0.1, 0.15) is 38.2 Å². The van der Waals surface area contributed by atoms with Crippen LogP contribution >= 0.6 is 0 Å². The van der Waals surface area contributed by atoms with Gasteiger partial charge in [0.05, 0.1) is 6.61 Å². The summed E-state index contributed by atoms with van der Waals surface area (Å²) >= 11 is 0. The second kappa shape index (κ2) is 8.87. The number of piperidine rings is 1. The van der Waals surface area contributed by atoms with E-state index < -0.39 is 0 Å². The molecule has 1 unspecified atom stereocenters. The van der Waals surface area contributed by atoms with Gasteiger partial charge in [0.25, 0.3) is 0 Å². The molecule has 2 aliphatic rings. The number of anilines is 1. The summed E-state index contributed by atoms with van der Waals surface area (Å²) in [5.74, 6) is 0.147. The molecule has 3 rings (SSSR count). The molecule has 1 saturated heterocycles. The predicted octanol–water partition coefficient (Wildman–Crippen LogP) is 2.35.